The number of benzene rings is 1. The number of ether oxygens (including phenoxy) is 1. The number of pyridine rings is 1. The van der Waals surface area contributed by atoms with Gasteiger partial charge in [-0.2, -0.15) is 0 Å². The van der Waals surface area contributed by atoms with Gasteiger partial charge in [0, 0.05) is 24.7 Å². The van der Waals surface area contributed by atoms with E-state index in [-0.39, 0.29) is 0 Å². The van der Waals surface area contributed by atoms with Crippen molar-refractivity contribution in [1.82, 2.24) is 15.0 Å². The molecule has 8 heteroatoms. The minimum Gasteiger partial charge on any atom is -0.453 e. The van der Waals surface area contributed by atoms with Crippen molar-refractivity contribution in [1.29, 1.82) is 0 Å². The molecule has 2 aromatic heterocycles. The average molecular weight is 427 g/mol. The first kappa shape index (κ1) is 20.5. The molecule has 0 aliphatic carbocycles. The van der Waals surface area contributed by atoms with Crippen LogP contribution < -0.4 is 4.90 Å². The molecule has 1 saturated heterocycles. The number of thioether (sulfide) groups is 1. The fraction of sp³-hybridized carbons (Fsp3) is 0.364. The van der Waals surface area contributed by atoms with Crippen LogP contribution in [0.2, 0.25) is 0 Å². The molecule has 3 aromatic rings. The summed E-state index contributed by atoms with van der Waals surface area (Å²) in [6, 6.07) is 10.7. The van der Waals surface area contributed by atoms with Gasteiger partial charge in [0.1, 0.15) is 17.8 Å². The van der Waals surface area contributed by atoms with E-state index < -0.39 is 18.2 Å². The number of esters is 1. The molecule has 4 rings (SSSR count). The summed E-state index contributed by atoms with van der Waals surface area (Å²) < 4.78 is 19.3. The van der Waals surface area contributed by atoms with Gasteiger partial charge in [-0.3, -0.25) is 0 Å². The molecule has 1 aliphatic rings. The second-order valence-electron chi connectivity index (χ2n) is 7.24. The zero-order valence-corrected chi connectivity index (χ0v) is 17.7. The molecule has 6 nitrogen and oxygen atoms in total. The molecular weight excluding hydrogens is 403 g/mol. The Kier molecular flexibility index (Phi) is 6.13. The van der Waals surface area contributed by atoms with Gasteiger partial charge in [0.2, 0.25) is 0 Å². The van der Waals surface area contributed by atoms with E-state index in [2.05, 4.69) is 14.9 Å². The Morgan fingerprint density at radius 1 is 1.23 bits per heavy atom. The van der Waals surface area contributed by atoms with Crippen LogP contribution in [-0.4, -0.2) is 46.4 Å². The van der Waals surface area contributed by atoms with Gasteiger partial charge >= 0.3 is 5.97 Å². The van der Waals surface area contributed by atoms with Crippen LogP contribution in [-0.2, 0) is 4.74 Å². The summed E-state index contributed by atoms with van der Waals surface area (Å²) in [6.45, 7) is 2.94. The number of anilines is 1. The number of rotatable bonds is 5. The highest BCUT2D eigenvalue weighted by molar-refractivity contribution is 7.98. The van der Waals surface area contributed by atoms with Crippen molar-refractivity contribution in [3.63, 3.8) is 0 Å². The summed E-state index contributed by atoms with van der Waals surface area (Å²) in [4.78, 5) is 28.3. The van der Waals surface area contributed by atoms with Gasteiger partial charge in [-0.05, 0) is 44.2 Å². The second-order valence-corrected chi connectivity index (χ2v) is 8.01. The smallest absolute Gasteiger partial charge is 0.338 e. The Hall–Kier alpha value is -2.74. The number of hydrogen-bond acceptors (Lipinski definition) is 7. The van der Waals surface area contributed by atoms with E-state index >= 15 is 0 Å². The predicted octanol–water partition coefficient (Wildman–Crippen LogP) is 4.60. The van der Waals surface area contributed by atoms with Gasteiger partial charge in [0.05, 0.1) is 11.3 Å². The third kappa shape index (κ3) is 4.38. The Morgan fingerprint density at radius 2 is 1.97 bits per heavy atom. The third-order valence-corrected chi connectivity index (χ3v) is 5.72. The van der Waals surface area contributed by atoms with Crippen molar-refractivity contribution in [2.24, 2.45) is 0 Å². The maximum Gasteiger partial charge on any atom is 0.338 e. The van der Waals surface area contributed by atoms with E-state index in [0.717, 1.165) is 10.9 Å². The SMILES string of the molecule is CSc1ncc2cc([C@@H](C)OC(=O)c3ccccc3)nc(N3CCC(F)CC3)c2n1. The van der Waals surface area contributed by atoms with Gasteiger partial charge in [-0.1, -0.05) is 30.0 Å². The van der Waals surface area contributed by atoms with Gasteiger partial charge in [0.15, 0.2) is 11.0 Å². The van der Waals surface area contributed by atoms with E-state index in [1.807, 2.05) is 18.4 Å². The third-order valence-electron chi connectivity index (χ3n) is 5.16. The van der Waals surface area contributed by atoms with Crippen molar-refractivity contribution in [2.45, 2.75) is 37.2 Å². The van der Waals surface area contributed by atoms with Gasteiger partial charge in [-0.15, -0.1) is 0 Å². The van der Waals surface area contributed by atoms with Crippen LogP contribution in [0.3, 0.4) is 0 Å². The van der Waals surface area contributed by atoms with Crippen molar-refractivity contribution in [2.75, 3.05) is 24.2 Å². The summed E-state index contributed by atoms with van der Waals surface area (Å²) in [5, 5.41) is 1.47. The molecule has 0 spiro atoms. The molecule has 1 atom stereocenters. The first-order valence-corrected chi connectivity index (χ1v) is 11.1. The zero-order valence-electron chi connectivity index (χ0n) is 16.9. The van der Waals surface area contributed by atoms with Crippen molar-refractivity contribution < 1.29 is 13.9 Å². The molecule has 0 N–H and O–H groups in total. The first-order valence-electron chi connectivity index (χ1n) is 9.92. The minimum absolute atomic E-state index is 0.404. The average Bonchev–Trinajstić information content (AvgIpc) is 2.79. The number of alkyl halides is 1. The van der Waals surface area contributed by atoms with E-state index in [0.29, 0.717) is 48.2 Å². The Morgan fingerprint density at radius 3 is 2.67 bits per heavy atom. The fourth-order valence-corrected chi connectivity index (χ4v) is 3.82. The minimum atomic E-state index is -0.780. The van der Waals surface area contributed by atoms with Crippen LogP contribution in [0.1, 0.15) is 41.9 Å². The molecule has 3 heterocycles. The first-order chi connectivity index (χ1) is 14.5. The van der Waals surface area contributed by atoms with E-state index in [1.165, 1.54) is 11.8 Å². The molecule has 156 valence electrons. The van der Waals surface area contributed by atoms with Crippen LogP contribution in [0.25, 0.3) is 10.9 Å². The lowest BCUT2D eigenvalue weighted by Gasteiger charge is -2.30. The molecule has 1 fully saturated rings. The van der Waals surface area contributed by atoms with E-state index in [1.54, 1.807) is 37.4 Å². The van der Waals surface area contributed by atoms with Crippen molar-refractivity contribution in [3.8, 4) is 0 Å². The standard InChI is InChI=1S/C22H23FN4O2S/c1-14(29-21(28)15-6-4-3-5-7-15)18-12-16-13-24-22(30-2)26-19(16)20(25-18)27-10-8-17(23)9-11-27/h3-7,12-14,17H,8-11H2,1-2H3/t14-/m1/s1. The molecule has 0 amide bonds. The van der Waals surface area contributed by atoms with Crippen LogP contribution in [0.15, 0.2) is 47.8 Å². The summed E-state index contributed by atoms with van der Waals surface area (Å²) >= 11 is 1.46. The Balaban J connectivity index is 1.68. The largest absolute Gasteiger partial charge is 0.453 e. The summed E-state index contributed by atoms with van der Waals surface area (Å²) in [7, 11) is 0. The maximum absolute atomic E-state index is 13.7. The number of piperidine rings is 1. The van der Waals surface area contributed by atoms with E-state index in [4.69, 9.17) is 9.72 Å². The number of nitrogens with zero attached hydrogens (tertiary/aromatic N) is 4. The normalized spacial score (nSPS) is 15.9. The summed E-state index contributed by atoms with van der Waals surface area (Å²) in [5.74, 6) is 0.286. The number of fused-ring (bicyclic) bond motifs is 1. The molecule has 0 unspecified atom stereocenters. The molecule has 1 aromatic carbocycles. The lowest BCUT2D eigenvalue weighted by atomic mass is 10.1. The van der Waals surface area contributed by atoms with Gasteiger partial charge in [-0.25, -0.2) is 24.1 Å². The molecule has 0 bridgehead atoms. The van der Waals surface area contributed by atoms with Crippen molar-refractivity contribution in [3.05, 3.63) is 53.9 Å². The number of carbonyl (C=O) groups is 1. The number of halogens is 1. The van der Waals surface area contributed by atoms with Crippen LogP contribution in [0.4, 0.5) is 10.2 Å². The highest BCUT2D eigenvalue weighted by Crippen LogP contribution is 2.31. The van der Waals surface area contributed by atoms with Gasteiger partial charge in [0.25, 0.3) is 0 Å². The zero-order chi connectivity index (χ0) is 21.1. The fourth-order valence-electron chi connectivity index (χ4n) is 3.48. The van der Waals surface area contributed by atoms with E-state index in [9.17, 15) is 9.18 Å². The van der Waals surface area contributed by atoms with Crippen LogP contribution in [0, 0.1) is 0 Å². The predicted molar refractivity (Wildman–Crippen MR) is 116 cm³/mol. The quantitative estimate of drug-likeness (QED) is 0.335. The lowest BCUT2D eigenvalue weighted by molar-refractivity contribution is 0.0329. The second kappa shape index (κ2) is 8.95. The lowest BCUT2D eigenvalue weighted by Crippen LogP contribution is -2.35. The molecule has 30 heavy (non-hydrogen) atoms. The van der Waals surface area contributed by atoms with Crippen molar-refractivity contribution >= 4 is 34.5 Å². The topological polar surface area (TPSA) is 68.2 Å². The number of hydrogen-bond donors (Lipinski definition) is 0. The molecule has 1 aliphatic heterocycles. The highest BCUT2D eigenvalue weighted by Gasteiger charge is 2.24. The monoisotopic (exact) mass is 426 g/mol. The highest BCUT2D eigenvalue weighted by atomic mass is 32.2. The number of carbonyl (C=O) groups excluding carboxylic acids is 1. The van der Waals surface area contributed by atoms with Crippen LogP contribution in [0.5, 0.6) is 0 Å². The van der Waals surface area contributed by atoms with Gasteiger partial charge < -0.3 is 9.64 Å². The Bertz CT molecular complexity index is 1040. The molecular formula is C22H23FN4O2S. The van der Waals surface area contributed by atoms with Crippen LogP contribution >= 0.6 is 11.8 Å². The Labute approximate surface area is 178 Å². The molecule has 0 saturated carbocycles. The molecule has 0 radical (unpaired) electrons. The summed E-state index contributed by atoms with van der Waals surface area (Å²) in [5.41, 5.74) is 1.84. The summed E-state index contributed by atoms with van der Waals surface area (Å²) in [6.07, 6.45) is 3.27. The number of aromatic nitrogens is 3. The maximum atomic E-state index is 13.7.